The highest BCUT2D eigenvalue weighted by Gasteiger charge is 2.30. The minimum atomic E-state index is 0.00377. The predicted molar refractivity (Wildman–Crippen MR) is 151 cm³/mol. The Labute approximate surface area is 219 Å². The maximum Gasteiger partial charge on any atom is 0.121 e. The van der Waals surface area contributed by atoms with E-state index in [2.05, 4.69) is 83.0 Å². The number of benzene rings is 5. The summed E-state index contributed by atoms with van der Waals surface area (Å²) in [7, 11) is 0. The first-order valence-corrected chi connectivity index (χ1v) is 12.9. The summed E-state index contributed by atoms with van der Waals surface area (Å²) in [6.45, 7) is 1.31. The molecule has 1 aliphatic heterocycles. The van der Waals surface area contributed by atoms with Gasteiger partial charge in [0.1, 0.15) is 5.16 Å². The Morgan fingerprint density at radius 2 is 1.39 bits per heavy atom. The summed E-state index contributed by atoms with van der Waals surface area (Å²) < 4.78 is 0. The third-order valence-corrected chi connectivity index (χ3v) is 8.15. The molecule has 1 aliphatic rings. The molecule has 0 saturated heterocycles. The van der Waals surface area contributed by atoms with E-state index in [0.717, 1.165) is 23.1 Å². The molecule has 0 unspecified atom stereocenters. The highest BCUT2D eigenvalue weighted by Crippen LogP contribution is 2.36. The van der Waals surface area contributed by atoms with E-state index in [9.17, 15) is 0 Å². The van der Waals surface area contributed by atoms with Crippen LogP contribution >= 0.6 is 23.2 Å². The highest BCUT2D eigenvalue weighted by molar-refractivity contribution is 6.39. The molecule has 1 atom stereocenters. The van der Waals surface area contributed by atoms with Crippen molar-refractivity contribution in [3.63, 3.8) is 0 Å². The monoisotopic (exact) mass is 507 g/mol. The van der Waals surface area contributed by atoms with Crippen molar-refractivity contribution in [2.24, 2.45) is 0 Å². The molecule has 0 fully saturated rings. The molecule has 0 amide bonds. The van der Waals surface area contributed by atoms with Crippen LogP contribution in [0.4, 0.5) is 0 Å². The molecule has 0 spiro atoms. The van der Waals surface area contributed by atoms with Crippen molar-refractivity contribution in [1.29, 1.82) is 0 Å². The van der Waals surface area contributed by atoms with E-state index in [4.69, 9.17) is 28.2 Å². The van der Waals surface area contributed by atoms with E-state index >= 15 is 0 Å². The lowest BCUT2D eigenvalue weighted by Gasteiger charge is -2.28. The molecule has 1 aromatic heterocycles. The molecule has 3 nitrogen and oxygen atoms in total. The van der Waals surface area contributed by atoms with Crippen molar-refractivity contribution in [3.05, 3.63) is 112 Å². The molecule has 0 saturated carbocycles. The second-order valence-corrected chi connectivity index (χ2v) is 10.4. The summed E-state index contributed by atoms with van der Waals surface area (Å²) in [5.41, 5.74) is 3.19. The first-order chi connectivity index (χ1) is 17.6. The quantitative estimate of drug-likeness (QED) is 0.188. The third kappa shape index (κ3) is 3.67. The number of nitrogens with zero attached hydrogens (tertiary/aromatic N) is 2. The largest absolute Gasteiger partial charge is 0.340 e. The molecular weight excluding hydrogens is 485 g/mol. The van der Waals surface area contributed by atoms with E-state index in [-0.39, 0.29) is 6.17 Å². The fraction of sp³-hybridized carbons (Fsp3) is 0.129. The van der Waals surface area contributed by atoms with Gasteiger partial charge in [-0.1, -0.05) is 89.9 Å². The summed E-state index contributed by atoms with van der Waals surface area (Å²) in [4.78, 5) is 6.95. The van der Waals surface area contributed by atoms with Crippen LogP contribution in [-0.4, -0.2) is 16.0 Å². The van der Waals surface area contributed by atoms with Crippen LogP contribution < -0.4 is 5.32 Å². The van der Waals surface area contributed by atoms with Gasteiger partial charge in [-0.2, -0.15) is 0 Å². The molecule has 176 valence electrons. The van der Waals surface area contributed by atoms with Gasteiger partial charge >= 0.3 is 0 Å². The highest BCUT2D eigenvalue weighted by atomic mass is 35.5. The third-order valence-electron chi connectivity index (χ3n) is 7.28. The fourth-order valence-electron chi connectivity index (χ4n) is 5.55. The number of hydrogen-bond acceptors (Lipinski definition) is 3. The van der Waals surface area contributed by atoms with Crippen molar-refractivity contribution in [2.45, 2.75) is 25.7 Å². The normalized spacial score (nSPS) is 16.4. The topological polar surface area (TPSA) is 28.2 Å². The SMILES string of the molecule is ClC1=C(Cl)N(Cc2ccc3ccccc3n2)[C@@H](NCc2cc3ccc4cccc5ccc(c2)c3c45)C1. The summed E-state index contributed by atoms with van der Waals surface area (Å²) in [6, 6.07) is 32.3. The molecule has 2 heterocycles. The minimum absolute atomic E-state index is 0.00377. The van der Waals surface area contributed by atoms with Gasteiger partial charge in [0.25, 0.3) is 0 Å². The molecule has 7 rings (SSSR count). The van der Waals surface area contributed by atoms with Gasteiger partial charge < -0.3 is 4.90 Å². The average Bonchev–Trinajstić information content (AvgIpc) is 3.18. The maximum absolute atomic E-state index is 6.66. The van der Waals surface area contributed by atoms with Crippen molar-refractivity contribution in [3.8, 4) is 0 Å². The second kappa shape index (κ2) is 8.63. The first-order valence-electron chi connectivity index (χ1n) is 12.2. The standard InChI is InChI=1S/C31H23Cl2N3/c32-26-16-28(36(31(26)33)18-25-13-12-20-4-1-2-7-27(20)35-25)34-17-19-14-23-10-8-21-5-3-6-22-9-11-24(15-19)30(23)29(21)22/h1-15,28,34H,16-18H2/t28-/m1/s1. The van der Waals surface area contributed by atoms with Crippen molar-refractivity contribution in [2.75, 3.05) is 0 Å². The summed E-state index contributed by atoms with van der Waals surface area (Å²) >= 11 is 13.2. The van der Waals surface area contributed by atoms with Crippen LogP contribution in [0.3, 0.4) is 0 Å². The lowest BCUT2D eigenvalue weighted by molar-refractivity contribution is 0.237. The van der Waals surface area contributed by atoms with E-state index in [1.165, 1.54) is 37.9 Å². The van der Waals surface area contributed by atoms with Gasteiger partial charge in [0, 0.05) is 18.4 Å². The Balaban J connectivity index is 1.16. The Kier molecular flexibility index (Phi) is 5.25. The van der Waals surface area contributed by atoms with Crippen LogP contribution in [0.15, 0.2) is 101 Å². The van der Waals surface area contributed by atoms with Gasteiger partial charge in [-0.3, -0.25) is 10.3 Å². The van der Waals surface area contributed by atoms with Crippen LogP contribution in [0.5, 0.6) is 0 Å². The molecular formula is C31H23Cl2N3. The van der Waals surface area contributed by atoms with E-state index < -0.39 is 0 Å². The van der Waals surface area contributed by atoms with Gasteiger partial charge in [0.05, 0.1) is 29.0 Å². The van der Waals surface area contributed by atoms with Crippen molar-refractivity contribution >= 4 is 66.4 Å². The Bertz CT molecular complexity index is 1730. The van der Waals surface area contributed by atoms with E-state index in [1.807, 2.05) is 18.2 Å². The van der Waals surface area contributed by atoms with Crippen molar-refractivity contribution in [1.82, 2.24) is 15.2 Å². The molecule has 5 heteroatoms. The molecule has 1 N–H and O–H groups in total. The lowest BCUT2D eigenvalue weighted by Crippen LogP contribution is -2.40. The first kappa shape index (κ1) is 21.9. The fourth-order valence-corrected chi connectivity index (χ4v) is 6.05. The molecule has 36 heavy (non-hydrogen) atoms. The number of halogens is 2. The van der Waals surface area contributed by atoms with Gasteiger partial charge in [-0.15, -0.1) is 0 Å². The number of fused-ring (bicyclic) bond motifs is 1. The molecule has 0 bridgehead atoms. The number of pyridine rings is 1. The molecule has 0 aliphatic carbocycles. The Hall–Kier alpha value is -3.37. The zero-order valence-corrected chi connectivity index (χ0v) is 21.0. The lowest BCUT2D eigenvalue weighted by atomic mass is 9.93. The number of nitrogens with one attached hydrogen (secondary N) is 1. The van der Waals surface area contributed by atoms with Crippen LogP contribution in [-0.2, 0) is 13.1 Å². The number of para-hydroxylation sites is 1. The van der Waals surface area contributed by atoms with Gasteiger partial charge in [-0.05, 0) is 62.1 Å². The smallest absolute Gasteiger partial charge is 0.121 e. The van der Waals surface area contributed by atoms with Crippen LogP contribution in [0.2, 0.25) is 0 Å². The summed E-state index contributed by atoms with van der Waals surface area (Å²) in [5, 5.41) is 13.9. The van der Waals surface area contributed by atoms with Crippen LogP contribution in [0, 0.1) is 0 Å². The Morgan fingerprint density at radius 1 is 0.750 bits per heavy atom. The van der Waals surface area contributed by atoms with Crippen LogP contribution in [0.25, 0.3) is 43.2 Å². The zero-order chi connectivity index (χ0) is 24.2. The Morgan fingerprint density at radius 3 is 2.17 bits per heavy atom. The number of aromatic nitrogens is 1. The predicted octanol–water partition coefficient (Wildman–Crippen LogP) is 8.10. The molecule has 6 aromatic rings. The summed E-state index contributed by atoms with van der Waals surface area (Å²) in [5.74, 6) is 0. The van der Waals surface area contributed by atoms with Crippen molar-refractivity contribution < 1.29 is 0 Å². The van der Waals surface area contributed by atoms with E-state index in [0.29, 0.717) is 23.2 Å². The molecule has 0 radical (unpaired) electrons. The number of hydrogen-bond donors (Lipinski definition) is 1. The average molecular weight is 508 g/mol. The van der Waals surface area contributed by atoms with E-state index in [1.54, 1.807) is 0 Å². The minimum Gasteiger partial charge on any atom is -0.340 e. The van der Waals surface area contributed by atoms with Crippen LogP contribution in [0.1, 0.15) is 17.7 Å². The molecule has 5 aromatic carbocycles. The number of rotatable bonds is 5. The summed E-state index contributed by atoms with van der Waals surface area (Å²) in [6.07, 6.45) is 0.673. The van der Waals surface area contributed by atoms with Gasteiger partial charge in [0.2, 0.25) is 0 Å². The maximum atomic E-state index is 6.66. The second-order valence-electron chi connectivity index (χ2n) is 9.55. The van der Waals surface area contributed by atoms with Gasteiger partial charge in [-0.25, -0.2) is 0 Å². The zero-order valence-electron chi connectivity index (χ0n) is 19.5. The van der Waals surface area contributed by atoms with Gasteiger partial charge in [0.15, 0.2) is 0 Å².